The molecule has 0 saturated carbocycles. The summed E-state index contributed by atoms with van der Waals surface area (Å²) in [7, 11) is 0. The monoisotopic (exact) mass is 269 g/mol. The van der Waals surface area contributed by atoms with E-state index in [9.17, 15) is 0 Å². The highest BCUT2D eigenvalue weighted by molar-refractivity contribution is 6.30. The first kappa shape index (κ1) is 15.5. The predicted octanol–water partition coefficient (Wildman–Crippen LogP) is 4.05. The molecule has 0 unspecified atom stereocenters. The second-order valence-corrected chi connectivity index (χ2v) is 5.46. The molecule has 0 radical (unpaired) electrons. The van der Waals surface area contributed by atoms with Gasteiger partial charge >= 0.3 is 0 Å². The van der Waals surface area contributed by atoms with Gasteiger partial charge in [0, 0.05) is 24.2 Å². The minimum atomic E-state index is 0.303. The molecule has 102 valence electrons. The Morgan fingerprint density at radius 3 is 2.67 bits per heavy atom. The Labute approximate surface area is 116 Å². The van der Waals surface area contributed by atoms with Gasteiger partial charge in [-0.1, -0.05) is 37.6 Å². The molecule has 0 bridgehead atoms. The SMILES string of the molecule is CC(C)CCOCCN[C@@H](C)c1cccc(Cl)c1. The molecule has 0 spiro atoms. The van der Waals surface area contributed by atoms with Crippen LogP contribution in [0.5, 0.6) is 0 Å². The van der Waals surface area contributed by atoms with Crippen molar-refractivity contribution in [2.45, 2.75) is 33.2 Å². The fourth-order valence-corrected chi connectivity index (χ4v) is 1.86. The van der Waals surface area contributed by atoms with Crippen molar-refractivity contribution in [3.63, 3.8) is 0 Å². The molecule has 1 rings (SSSR count). The van der Waals surface area contributed by atoms with Crippen LogP contribution in [-0.4, -0.2) is 19.8 Å². The lowest BCUT2D eigenvalue weighted by molar-refractivity contribution is 0.123. The zero-order chi connectivity index (χ0) is 13.4. The maximum Gasteiger partial charge on any atom is 0.0591 e. The molecule has 0 aliphatic heterocycles. The first-order chi connectivity index (χ1) is 8.59. The number of rotatable bonds is 8. The highest BCUT2D eigenvalue weighted by Crippen LogP contribution is 2.16. The second-order valence-electron chi connectivity index (χ2n) is 5.03. The summed E-state index contributed by atoms with van der Waals surface area (Å²) in [5.74, 6) is 0.711. The van der Waals surface area contributed by atoms with E-state index in [1.54, 1.807) is 0 Å². The lowest BCUT2D eigenvalue weighted by atomic mass is 10.1. The van der Waals surface area contributed by atoms with Crippen LogP contribution in [0.15, 0.2) is 24.3 Å². The van der Waals surface area contributed by atoms with E-state index in [2.05, 4.69) is 32.2 Å². The van der Waals surface area contributed by atoms with Gasteiger partial charge in [0.25, 0.3) is 0 Å². The third kappa shape index (κ3) is 6.39. The highest BCUT2D eigenvalue weighted by Gasteiger charge is 2.04. The van der Waals surface area contributed by atoms with Crippen molar-refractivity contribution in [2.24, 2.45) is 5.92 Å². The third-order valence-electron chi connectivity index (χ3n) is 2.89. The van der Waals surface area contributed by atoms with Crippen LogP contribution >= 0.6 is 11.6 Å². The summed E-state index contributed by atoms with van der Waals surface area (Å²) in [6, 6.07) is 8.27. The number of hydrogen-bond acceptors (Lipinski definition) is 2. The Bertz CT molecular complexity index is 341. The van der Waals surface area contributed by atoms with E-state index in [-0.39, 0.29) is 0 Å². The molecule has 2 nitrogen and oxygen atoms in total. The number of hydrogen-bond donors (Lipinski definition) is 1. The van der Waals surface area contributed by atoms with E-state index in [1.807, 2.05) is 18.2 Å². The van der Waals surface area contributed by atoms with Gasteiger partial charge < -0.3 is 10.1 Å². The van der Waals surface area contributed by atoms with Gasteiger partial charge in [-0.25, -0.2) is 0 Å². The van der Waals surface area contributed by atoms with Gasteiger partial charge in [0.05, 0.1) is 6.61 Å². The summed E-state index contributed by atoms with van der Waals surface area (Å²) in [6.45, 7) is 9.04. The predicted molar refractivity (Wildman–Crippen MR) is 78.1 cm³/mol. The van der Waals surface area contributed by atoms with E-state index < -0.39 is 0 Å². The van der Waals surface area contributed by atoms with E-state index in [0.29, 0.717) is 12.0 Å². The fourth-order valence-electron chi connectivity index (χ4n) is 1.66. The van der Waals surface area contributed by atoms with Crippen molar-refractivity contribution in [1.29, 1.82) is 0 Å². The highest BCUT2D eigenvalue weighted by atomic mass is 35.5. The third-order valence-corrected chi connectivity index (χ3v) is 3.12. The van der Waals surface area contributed by atoms with Crippen molar-refractivity contribution in [1.82, 2.24) is 5.32 Å². The maximum atomic E-state index is 5.97. The number of ether oxygens (including phenoxy) is 1. The number of halogens is 1. The largest absolute Gasteiger partial charge is 0.380 e. The van der Waals surface area contributed by atoms with Gasteiger partial charge in [0.1, 0.15) is 0 Å². The summed E-state index contributed by atoms with van der Waals surface area (Å²) >= 11 is 5.97. The van der Waals surface area contributed by atoms with E-state index in [0.717, 1.165) is 31.2 Å². The van der Waals surface area contributed by atoms with E-state index in [4.69, 9.17) is 16.3 Å². The van der Waals surface area contributed by atoms with Gasteiger partial charge in [-0.3, -0.25) is 0 Å². The average molecular weight is 270 g/mol. The standard InChI is InChI=1S/C15H24ClNO/c1-12(2)7-9-18-10-8-17-13(3)14-5-4-6-15(16)11-14/h4-6,11-13,17H,7-10H2,1-3H3/t13-/m0/s1. The molecule has 1 aromatic rings. The van der Waals surface area contributed by atoms with Crippen LogP contribution in [0, 0.1) is 5.92 Å². The van der Waals surface area contributed by atoms with Gasteiger partial charge in [-0.2, -0.15) is 0 Å². The van der Waals surface area contributed by atoms with Gasteiger partial charge in [-0.05, 0) is 37.0 Å². The molecule has 1 atom stereocenters. The van der Waals surface area contributed by atoms with Gasteiger partial charge in [0.15, 0.2) is 0 Å². The lowest BCUT2D eigenvalue weighted by Gasteiger charge is -2.14. The molecule has 1 N–H and O–H groups in total. The normalized spacial score (nSPS) is 12.9. The quantitative estimate of drug-likeness (QED) is 0.719. The molecular weight excluding hydrogens is 246 g/mol. The van der Waals surface area contributed by atoms with Crippen LogP contribution in [0.1, 0.15) is 38.8 Å². The Morgan fingerprint density at radius 2 is 2.00 bits per heavy atom. The molecule has 0 aliphatic rings. The van der Waals surface area contributed by atoms with Crippen LogP contribution in [0.3, 0.4) is 0 Å². The van der Waals surface area contributed by atoms with Gasteiger partial charge in [-0.15, -0.1) is 0 Å². The molecule has 18 heavy (non-hydrogen) atoms. The van der Waals surface area contributed by atoms with Crippen molar-refractivity contribution in [3.8, 4) is 0 Å². The van der Waals surface area contributed by atoms with E-state index >= 15 is 0 Å². The van der Waals surface area contributed by atoms with Crippen molar-refractivity contribution >= 4 is 11.6 Å². The zero-order valence-electron chi connectivity index (χ0n) is 11.6. The van der Waals surface area contributed by atoms with Crippen LogP contribution < -0.4 is 5.32 Å². The molecule has 3 heteroatoms. The smallest absolute Gasteiger partial charge is 0.0591 e. The molecular formula is C15H24ClNO. The molecule has 0 aliphatic carbocycles. The topological polar surface area (TPSA) is 21.3 Å². The number of nitrogens with one attached hydrogen (secondary N) is 1. The molecule has 0 amide bonds. The van der Waals surface area contributed by atoms with Crippen LogP contribution in [0.2, 0.25) is 5.02 Å². The van der Waals surface area contributed by atoms with Crippen LogP contribution in [0.25, 0.3) is 0 Å². The summed E-state index contributed by atoms with van der Waals surface area (Å²) in [4.78, 5) is 0. The van der Waals surface area contributed by atoms with Crippen molar-refractivity contribution < 1.29 is 4.74 Å². The van der Waals surface area contributed by atoms with Crippen molar-refractivity contribution in [3.05, 3.63) is 34.9 Å². The minimum Gasteiger partial charge on any atom is -0.380 e. The minimum absolute atomic E-state index is 0.303. The first-order valence-electron chi connectivity index (χ1n) is 6.66. The van der Waals surface area contributed by atoms with Gasteiger partial charge in [0.2, 0.25) is 0 Å². The molecule has 0 heterocycles. The molecule has 0 fully saturated rings. The van der Waals surface area contributed by atoms with Crippen molar-refractivity contribution in [2.75, 3.05) is 19.8 Å². The Hall–Kier alpha value is -0.570. The number of benzene rings is 1. The van der Waals surface area contributed by atoms with Crippen LogP contribution in [-0.2, 0) is 4.74 Å². The zero-order valence-corrected chi connectivity index (χ0v) is 12.3. The summed E-state index contributed by atoms with van der Waals surface area (Å²) in [5, 5.41) is 4.22. The average Bonchev–Trinajstić information content (AvgIpc) is 2.33. The molecule has 1 aromatic carbocycles. The van der Waals surface area contributed by atoms with E-state index in [1.165, 1.54) is 5.56 Å². The summed E-state index contributed by atoms with van der Waals surface area (Å²) in [6.07, 6.45) is 1.13. The lowest BCUT2D eigenvalue weighted by Crippen LogP contribution is -2.23. The molecule has 0 aromatic heterocycles. The Balaban J connectivity index is 2.15. The maximum absolute atomic E-state index is 5.97. The Kier molecular flexibility index (Phi) is 7.33. The first-order valence-corrected chi connectivity index (χ1v) is 7.04. The summed E-state index contributed by atoms with van der Waals surface area (Å²) < 4.78 is 5.57. The fraction of sp³-hybridized carbons (Fsp3) is 0.600. The van der Waals surface area contributed by atoms with Crippen LogP contribution in [0.4, 0.5) is 0 Å². The second kappa shape index (κ2) is 8.52. The summed E-state index contributed by atoms with van der Waals surface area (Å²) in [5.41, 5.74) is 1.21. The molecule has 0 saturated heterocycles. The Morgan fingerprint density at radius 1 is 1.22 bits per heavy atom.